The average molecular weight is 195 g/mol. The second-order valence-corrected chi connectivity index (χ2v) is 3.37. The number of hydrogen-bond donors (Lipinski definition) is 1. The van der Waals surface area contributed by atoms with Crippen LogP contribution in [-0.4, -0.2) is 15.0 Å². The molecule has 0 spiro atoms. The van der Waals surface area contributed by atoms with Crippen molar-refractivity contribution in [1.29, 1.82) is 0 Å². The molecule has 0 amide bonds. The summed E-state index contributed by atoms with van der Waals surface area (Å²) in [5, 5.41) is 1.20. The topological polar surface area (TPSA) is 41.6 Å². The van der Waals surface area contributed by atoms with Crippen LogP contribution in [0.1, 0.15) is 0 Å². The van der Waals surface area contributed by atoms with Crippen molar-refractivity contribution in [2.75, 3.05) is 0 Å². The lowest BCUT2D eigenvalue weighted by Crippen LogP contribution is -1.83. The number of rotatable bonds is 1. The molecule has 2 aromatic heterocycles. The van der Waals surface area contributed by atoms with E-state index in [-0.39, 0.29) is 0 Å². The maximum Gasteiger partial charge on any atom is 0.116 e. The van der Waals surface area contributed by atoms with Gasteiger partial charge in [0.05, 0.1) is 5.69 Å². The fourth-order valence-electron chi connectivity index (χ4n) is 1.67. The Hall–Kier alpha value is -2.16. The zero-order valence-electron chi connectivity index (χ0n) is 8.01. The number of fused-ring (bicyclic) bond motifs is 1. The highest BCUT2D eigenvalue weighted by Gasteiger charge is 2.00. The van der Waals surface area contributed by atoms with Crippen LogP contribution in [0.5, 0.6) is 0 Å². The molecular formula is C12H9N3. The zero-order valence-corrected chi connectivity index (χ0v) is 8.01. The summed E-state index contributed by atoms with van der Waals surface area (Å²) < 4.78 is 0. The van der Waals surface area contributed by atoms with Crippen LogP contribution in [0, 0.1) is 0 Å². The quantitative estimate of drug-likeness (QED) is 0.648. The van der Waals surface area contributed by atoms with Crippen LogP contribution in [0.2, 0.25) is 0 Å². The van der Waals surface area contributed by atoms with Gasteiger partial charge in [-0.2, -0.15) is 0 Å². The van der Waals surface area contributed by atoms with Crippen LogP contribution in [0.15, 0.2) is 49.1 Å². The lowest BCUT2D eigenvalue weighted by Gasteiger charge is -1.99. The maximum atomic E-state index is 4.22. The molecule has 3 nitrogen and oxygen atoms in total. The maximum absolute atomic E-state index is 4.22. The minimum Gasteiger partial charge on any atom is -0.361 e. The Bertz CT molecular complexity index is 584. The number of nitrogens with one attached hydrogen (secondary N) is 1. The molecule has 1 aromatic carbocycles. The Morgan fingerprint density at radius 3 is 2.93 bits per heavy atom. The van der Waals surface area contributed by atoms with Crippen LogP contribution >= 0.6 is 0 Å². The van der Waals surface area contributed by atoms with E-state index >= 15 is 0 Å². The van der Waals surface area contributed by atoms with E-state index in [2.05, 4.69) is 39.2 Å². The van der Waals surface area contributed by atoms with E-state index < -0.39 is 0 Å². The van der Waals surface area contributed by atoms with E-state index in [1.54, 1.807) is 12.5 Å². The van der Waals surface area contributed by atoms with Gasteiger partial charge in [-0.3, -0.25) is 0 Å². The molecule has 0 unspecified atom stereocenters. The number of aromatic amines is 1. The molecule has 2 heterocycles. The van der Waals surface area contributed by atoms with Gasteiger partial charge in [-0.25, -0.2) is 9.97 Å². The number of H-pyrrole nitrogens is 1. The second-order valence-electron chi connectivity index (χ2n) is 3.37. The predicted octanol–water partition coefficient (Wildman–Crippen LogP) is 2.62. The first-order valence-electron chi connectivity index (χ1n) is 4.77. The summed E-state index contributed by atoms with van der Waals surface area (Å²) in [5.41, 5.74) is 3.21. The number of benzene rings is 1. The predicted molar refractivity (Wildman–Crippen MR) is 59.3 cm³/mol. The van der Waals surface area contributed by atoms with Gasteiger partial charge in [0.1, 0.15) is 6.33 Å². The first-order valence-corrected chi connectivity index (χ1v) is 4.77. The molecule has 0 aliphatic rings. The monoisotopic (exact) mass is 195 g/mol. The average Bonchev–Trinajstić information content (AvgIpc) is 2.77. The molecule has 15 heavy (non-hydrogen) atoms. The number of hydrogen-bond acceptors (Lipinski definition) is 2. The molecule has 0 radical (unpaired) electrons. The van der Waals surface area contributed by atoms with Crippen LogP contribution in [0.3, 0.4) is 0 Å². The summed E-state index contributed by atoms with van der Waals surface area (Å²) in [6, 6.07) is 10.2. The van der Waals surface area contributed by atoms with Crippen molar-refractivity contribution < 1.29 is 0 Å². The minimum atomic E-state index is 0.952. The largest absolute Gasteiger partial charge is 0.361 e. The van der Waals surface area contributed by atoms with E-state index in [1.807, 2.05) is 12.3 Å². The highest BCUT2D eigenvalue weighted by molar-refractivity contribution is 5.84. The van der Waals surface area contributed by atoms with Crippen LogP contribution in [0.4, 0.5) is 0 Å². The molecule has 3 rings (SSSR count). The Kier molecular flexibility index (Phi) is 1.75. The lowest BCUT2D eigenvalue weighted by atomic mass is 10.1. The summed E-state index contributed by atoms with van der Waals surface area (Å²) in [6.07, 6.45) is 5.26. The third kappa shape index (κ3) is 1.38. The molecule has 72 valence electrons. The van der Waals surface area contributed by atoms with Gasteiger partial charge < -0.3 is 4.98 Å². The summed E-state index contributed by atoms with van der Waals surface area (Å²) in [5.74, 6) is 0. The van der Waals surface area contributed by atoms with Crippen LogP contribution in [-0.2, 0) is 0 Å². The van der Waals surface area contributed by atoms with E-state index in [0.717, 1.165) is 16.8 Å². The second kappa shape index (κ2) is 3.20. The van der Waals surface area contributed by atoms with Crippen molar-refractivity contribution in [3.05, 3.63) is 49.1 Å². The van der Waals surface area contributed by atoms with Crippen molar-refractivity contribution in [3.63, 3.8) is 0 Å². The van der Waals surface area contributed by atoms with Gasteiger partial charge in [0.2, 0.25) is 0 Å². The molecule has 0 atom stereocenters. The number of nitrogens with zero attached hydrogens (tertiary/aromatic N) is 2. The first kappa shape index (κ1) is 8.17. The minimum absolute atomic E-state index is 0.952. The van der Waals surface area contributed by atoms with Crippen molar-refractivity contribution in [1.82, 2.24) is 15.0 Å². The fraction of sp³-hybridized carbons (Fsp3) is 0. The Labute approximate surface area is 86.8 Å². The Morgan fingerprint density at radius 2 is 2.07 bits per heavy atom. The summed E-state index contributed by atoms with van der Waals surface area (Å²) in [4.78, 5) is 11.3. The molecular weight excluding hydrogens is 186 g/mol. The highest BCUT2D eigenvalue weighted by Crippen LogP contribution is 2.21. The van der Waals surface area contributed by atoms with E-state index in [4.69, 9.17) is 0 Å². The van der Waals surface area contributed by atoms with Gasteiger partial charge in [-0.15, -0.1) is 0 Å². The van der Waals surface area contributed by atoms with Gasteiger partial charge in [-0.05, 0) is 24.3 Å². The highest BCUT2D eigenvalue weighted by atomic mass is 14.8. The third-order valence-electron chi connectivity index (χ3n) is 2.43. The Morgan fingerprint density at radius 1 is 1.07 bits per heavy atom. The van der Waals surface area contributed by atoms with Crippen molar-refractivity contribution in [2.45, 2.75) is 0 Å². The van der Waals surface area contributed by atoms with Crippen LogP contribution < -0.4 is 0 Å². The smallest absolute Gasteiger partial charge is 0.116 e. The summed E-state index contributed by atoms with van der Waals surface area (Å²) >= 11 is 0. The third-order valence-corrected chi connectivity index (χ3v) is 2.43. The Balaban J connectivity index is 2.19. The molecule has 1 N–H and O–H groups in total. The molecule has 0 saturated heterocycles. The molecule has 0 saturated carbocycles. The zero-order chi connectivity index (χ0) is 10.1. The lowest BCUT2D eigenvalue weighted by molar-refractivity contribution is 1.17. The van der Waals surface area contributed by atoms with Crippen molar-refractivity contribution in [2.24, 2.45) is 0 Å². The molecule has 0 aliphatic carbocycles. The van der Waals surface area contributed by atoms with Gasteiger partial charge in [-0.1, -0.05) is 6.07 Å². The molecule has 3 aromatic rings. The molecule has 0 bridgehead atoms. The molecule has 0 fully saturated rings. The fourth-order valence-corrected chi connectivity index (χ4v) is 1.67. The summed E-state index contributed by atoms with van der Waals surface area (Å²) in [7, 11) is 0. The first-order chi connectivity index (χ1) is 7.43. The molecule has 3 heteroatoms. The standard InChI is InChI=1S/C12H9N3/c1-2-11-10(3-6-14-11)7-9(1)12-4-5-13-8-15-12/h1-8,14H. The molecule has 0 aliphatic heterocycles. The van der Waals surface area contributed by atoms with Gasteiger partial charge in [0.15, 0.2) is 0 Å². The van der Waals surface area contributed by atoms with Crippen LogP contribution in [0.25, 0.3) is 22.2 Å². The van der Waals surface area contributed by atoms with Crippen molar-refractivity contribution in [3.8, 4) is 11.3 Å². The van der Waals surface area contributed by atoms with E-state index in [1.165, 1.54) is 5.39 Å². The van der Waals surface area contributed by atoms with Crippen molar-refractivity contribution >= 4 is 10.9 Å². The van der Waals surface area contributed by atoms with E-state index in [0.29, 0.717) is 0 Å². The van der Waals surface area contributed by atoms with Gasteiger partial charge in [0, 0.05) is 28.9 Å². The summed E-state index contributed by atoms with van der Waals surface area (Å²) in [6.45, 7) is 0. The SMILES string of the molecule is c1cc(-c2ccc3[nH]ccc3c2)ncn1. The normalized spacial score (nSPS) is 10.7. The van der Waals surface area contributed by atoms with Gasteiger partial charge >= 0.3 is 0 Å². The van der Waals surface area contributed by atoms with E-state index in [9.17, 15) is 0 Å². The number of aromatic nitrogens is 3. The van der Waals surface area contributed by atoms with Gasteiger partial charge in [0.25, 0.3) is 0 Å².